The molecule has 1 rings (SSSR count). The number of rotatable bonds is 2. The van der Waals surface area contributed by atoms with Gasteiger partial charge in [-0.05, 0) is 0 Å². The van der Waals surface area contributed by atoms with Crippen LogP contribution in [0.15, 0.2) is 12.1 Å². The van der Waals surface area contributed by atoms with Crippen LogP contribution in [0.2, 0.25) is 0 Å². The molecule has 0 atom stereocenters. The fourth-order valence-corrected chi connectivity index (χ4v) is 0.892. The molecule has 1 aromatic rings. The quantitative estimate of drug-likeness (QED) is 0.632. The van der Waals surface area contributed by atoms with Gasteiger partial charge in [-0.25, -0.2) is 4.79 Å². The number of carbonyl (C=O) groups is 1. The number of carboxylic acid groups (broad SMARTS) is 1. The van der Waals surface area contributed by atoms with Gasteiger partial charge in [0, 0.05) is 12.1 Å². The Balaban J connectivity index is 3.30. The summed E-state index contributed by atoms with van der Waals surface area (Å²) in [6.45, 7) is 0. The molecule has 3 N–H and O–H groups in total. The summed E-state index contributed by atoms with van der Waals surface area (Å²) in [4.78, 5) is 10.5. The summed E-state index contributed by atoms with van der Waals surface area (Å²) < 4.78 is 4.67. The van der Waals surface area contributed by atoms with Crippen LogP contribution in [0.1, 0.15) is 10.4 Å². The van der Waals surface area contributed by atoms with Crippen LogP contribution in [0.3, 0.4) is 0 Å². The molecule has 0 saturated carbocycles. The Labute approximate surface area is 73.8 Å². The Bertz CT molecular complexity index is 345. The maximum Gasteiger partial charge on any atom is 0.339 e. The molecule has 0 aliphatic heterocycles. The summed E-state index contributed by atoms with van der Waals surface area (Å²) in [7, 11) is 1.29. The first-order chi connectivity index (χ1) is 6.06. The van der Waals surface area contributed by atoms with Crippen LogP contribution in [-0.4, -0.2) is 28.4 Å². The van der Waals surface area contributed by atoms with Crippen molar-refractivity contribution in [3.63, 3.8) is 0 Å². The highest BCUT2D eigenvalue weighted by molar-refractivity contribution is 5.91. The van der Waals surface area contributed by atoms with Crippen LogP contribution in [0.5, 0.6) is 17.2 Å². The lowest BCUT2D eigenvalue weighted by molar-refractivity contribution is 0.0693. The lowest BCUT2D eigenvalue weighted by Crippen LogP contribution is -1.97. The summed E-state index contributed by atoms with van der Waals surface area (Å²) in [5.41, 5.74) is -0.311. The lowest BCUT2D eigenvalue weighted by atomic mass is 10.2. The first kappa shape index (κ1) is 9.18. The predicted octanol–water partition coefficient (Wildman–Crippen LogP) is 0.805. The second-order valence-corrected chi connectivity index (χ2v) is 2.35. The molecule has 5 nitrogen and oxygen atoms in total. The molecule has 0 aliphatic carbocycles. The van der Waals surface area contributed by atoms with E-state index in [0.29, 0.717) is 0 Å². The molecule has 0 aliphatic rings. The number of aromatic carboxylic acids is 1. The van der Waals surface area contributed by atoms with Gasteiger partial charge in [0.15, 0.2) is 11.5 Å². The lowest BCUT2D eigenvalue weighted by Gasteiger charge is -2.05. The van der Waals surface area contributed by atoms with Crippen molar-refractivity contribution in [1.82, 2.24) is 0 Å². The fourth-order valence-electron chi connectivity index (χ4n) is 0.892. The molecule has 0 unspecified atom stereocenters. The number of aromatic hydroxyl groups is 2. The van der Waals surface area contributed by atoms with Gasteiger partial charge in [0.1, 0.15) is 11.3 Å². The number of hydrogen-bond donors (Lipinski definition) is 3. The number of hydrogen-bond acceptors (Lipinski definition) is 4. The van der Waals surface area contributed by atoms with Gasteiger partial charge in [-0.15, -0.1) is 0 Å². The first-order valence-corrected chi connectivity index (χ1v) is 3.39. The summed E-state index contributed by atoms with van der Waals surface area (Å²) in [6.07, 6.45) is 0. The van der Waals surface area contributed by atoms with Crippen molar-refractivity contribution in [1.29, 1.82) is 0 Å². The number of methoxy groups -OCH3 is 1. The number of carboxylic acids is 1. The molecule has 13 heavy (non-hydrogen) atoms. The van der Waals surface area contributed by atoms with E-state index in [1.165, 1.54) is 7.11 Å². The first-order valence-electron chi connectivity index (χ1n) is 3.39. The van der Waals surface area contributed by atoms with Crippen LogP contribution in [0, 0.1) is 0 Å². The van der Waals surface area contributed by atoms with Crippen molar-refractivity contribution < 1.29 is 24.9 Å². The van der Waals surface area contributed by atoms with E-state index < -0.39 is 11.7 Å². The Morgan fingerprint density at radius 2 is 1.92 bits per heavy atom. The van der Waals surface area contributed by atoms with Crippen LogP contribution in [0.4, 0.5) is 0 Å². The summed E-state index contributed by atoms with van der Waals surface area (Å²) >= 11 is 0. The van der Waals surface area contributed by atoms with E-state index in [9.17, 15) is 4.79 Å². The molecule has 0 saturated heterocycles. The van der Waals surface area contributed by atoms with Crippen molar-refractivity contribution >= 4 is 5.97 Å². The molecule has 70 valence electrons. The minimum Gasteiger partial charge on any atom is -0.507 e. The van der Waals surface area contributed by atoms with E-state index in [1.54, 1.807) is 0 Å². The second-order valence-electron chi connectivity index (χ2n) is 2.35. The maximum atomic E-state index is 10.5. The van der Waals surface area contributed by atoms with Crippen molar-refractivity contribution in [2.75, 3.05) is 7.11 Å². The summed E-state index contributed by atoms with van der Waals surface area (Å²) in [5, 5.41) is 26.8. The zero-order chi connectivity index (χ0) is 10.0. The molecular formula is C8H8O5. The monoisotopic (exact) mass is 184 g/mol. The van der Waals surface area contributed by atoms with Gasteiger partial charge in [-0.1, -0.05) is 0 Å². The molecule has 0 radical (unpaired) electrons. The topological polar surface area (TPSA) is 87.0 Å². The van der Waals surface area contributed by atoms with Gasteiger partial charge >= 0.3 is 5.97 Å². The Morgan fingerprint density at radius 3 is 2.38 bits per heavy atom. The highest BCUT2D eigenvalue weighted by Gasteiger charge is 2.13. The zero-order valence-electron chi connectivity index (χ0n) is 6.81. The molecule has 0 spiro atoms. The molecule has 0 bridgehead atoms. The third kappa shape index (κ3) is 1.64. The molecule has 1 aromatic carbocycles. The van der Waals surface area contributed by atoms with E-state index in [-0.39, 0.29) is 17.1 Å². The van der Waals surface area contributed by atoms with E-state index in [1.807, 2.05) is 0 Å². The molecule has 0 fully saturated rings. The largest absolute Gasteiger partial charge is 0.507 e. The fraction of sp³-hybridized carbons (Fsp3) is 0.125. The Kier molecular flexibility index (Phi) is 2.27. The van der Waals surface area contributed by atoms with Crippen LogP contribution < -0.4 is 4.74 Å². The van der Waals surface area contributed by atoms with Crippen molar-refractivity contribution in [2.45, 2.75) is 0 Å². The summed E-state index contributed by atoms with van der Waals surface area (Å²) in [6, 6.07) is 1.97. The van der Waals surface area contributed by atoms with Crippen molar-refractivity contribution in [3.05, 3.63) is 17.7 Å². The summed E-state index contributed by atoms with van der Waals surface area (Å²) in [5.74, 6) is -2.07. The van der Waals surface area contributed by atoms with Crippen LogP contribution >= 0.6 is 0 Å². The highest BCUT2D eigenvalue weighted by Crippen LogP contribution is 2.32. The predicted molar refractivity (Wildman–Crippen MR) is 43.3 cm³/mol. The normalized spacial score (nSPS) is 9.62. The number of benzene rings is 1. The van der Waals surface area contributed by atoms with Crippen LogP contribution in [0.25, 0.3) is 0 Å². The SMILES string of the molecule is COc1cc(C(=O)O)c(O)cc1O. The maximum absolute atomic E-state index is 10.5. The minimum absolute atomic E-state index is 0.00944. The average molecular weight is 184 g/mol. The van der Waals surface area contributed by atoms with Crippen molar-refractivity contribution in [3.8, 4) is 17.2 Å². The Morgan fingerprint density at radius 1 is 1.31 bits per heavy atom. The van der Waals surface area contributed by atoms with E-state index >= 15 is 0 Å². The van der Waals surface area contributed by atoms with E-state index in [0.717, 1.165) is 12.1 Å². The number of phenols is 2. The molecule has 0 heterocycles. The molecule has 0 amide bonds. The van der Waals surface area contributed by atoms with E-state index in [4.69, 9.17) is 15.3 Å². The highest BCUT2D eigenvalue weighted by atomic mass is 16.5. The van der Waals surface area contributed by atoms with Gasteiger partial charge in [-0.3, -0.25) is 0 Å². The van der Waals surface area contributed by atoms with E-state index in [2.05, 4.69) is 4.74 Å². The van der Waals surface area contributed by atoms with Gasteiger partial charge in [0.05, 0.1) is 7.11 Å². The van der Waals surface area contributed by atoms with Gasteiger partial charge < -0.3 is 20.1 Å². The third-order valence-electron chi connectivity index (χ3n) is 1.53. The molecular weight excluding hydrogens is 176 g/mol. The van der Waals surface area contributed by atoms with Crippen LogP contribution in [-0.2, 0) is 0 Å². The average Bonchev–Trinajstić information content (AvgIpc) is 2.03. The number of phenolic OH excluding ortho intramolecular Hbond substituents is 1. The third-order valence-corrected chi connectivity index (χ3v) is 1.53. The number of ether oxygens (including phenoxy) is 1. The zero-order valence-corrected chi connectivity index (χ0v) is 6.81. The second kappa shape index (κ2) is 3.22. The molecule has 0 aromatic heterocycles. The van der Waals surface area contributed by atoms with Crippen molar-refractivity contribution in [2.24, 2.45) is 0 Å². The van der Waals surface area contributed by atoms with Gasteiger partial charge in [0.25, 0.3) is 0 Å². The standard InChI is InChI=1S/C8H8O5/c1-13-7-2-4(8(11)12)5(9)3-6(7)10/h2-3,9-10H,1H3,(H,11,12). The smallest absolute Gasteiger partial charge is 0.339 e. The van der Waals surface area contributed by atoms with Gasteiger partial charge in [-0.2, -0.15) is 0 Å². The molecule has 5 heteroatoms. The minimum atomic E-state index is -1.28. The Hall–Kier alpha value is -1.91. The van der Waals surface area contributed by atoms with Gasteiger partial charge in [0.2, 0.25) is 0 Å².